The van der Waals surface area contributed by atoms with E-state index in [0.717, 1.165) is 43.0 Å². The highest BCUT2D eigenvalue weighted by atomic mass is 16.5. The summed E-state index contributed by atoms with van der Waals surface area (Å²) in [6.45, 7) is 5.54. The maximum atomic E-state index is 13.0. The van der Waals surface area contributed by atoms with Crippen molar-refractivity contribution in [2.45, 2.75) is 38.6 Å². The molecule has 0 saturated carbocycles. The predicted octanol–water partition coefficient (Wildman–Crippen LogP) is 3.75. The lowest BCUT2D eigenvalue weighted by Crippen LogP contribution is -2.43. The molecule has 2 N–H and O–H groups in total. The van der Waals surface area contributed by atoms with Gasteiger partial charge in [-0.2, -0.15) is 0 Å². The number of aryl methyl sites for hydroxylation is 3. The molecule has 30 heavy (non-hydrogen) atoms. The SMILES string of the molecule is Cc1ccc(C(CNC(=O)c2ccc3[nH]c4c(c3c2)CCCC4)N2CCOCC2)o1. The monoisotopic (exact) mass is 407 g/mol. The molecule has 1 unspecified atom stereocenters. The second-order valence-corrected chi connectivity index (χ2v) is 8.37. The van der Waals surface area contributed by atoms with Gasteiger partial charge in [0.25, 0.3) is 5.91 Å². The Hall–Kier alpha value is -2.57. The van der Waals surface area contributed by atoms with Gasteiger partial charge in [-0.15, -0.1) is 0 Å². The number of furan rings is 1. The van der Waals surface area contributed by atoms with E-state index in [1.54, 1.807) is 0 Å². The zero-order valence-electron chi connectivity index (χ0n) is 17.5. The third-order valence-electron chi connectivity index (χ3n) is 6.39. The van der Waals surface area contributed by atoms with Gasteiger partial charge in [0.05, 0.1) is 19.3 Å². The molecule has 1 atom stereocenters. The average Bonchev–Trinajstić information content (AvgIpc) is 3.37. The molecule has 6 nitrogen and oxygen atoms in total. The largest absolute Gasteiger partial charge is 0.465 e. The lowest BCUT2D eigenvalue weighted by atomic mass is 9.95. The molecule has 1 aliphatic carbocycles. The summed E-state index contributed by atoms with van der Waals surface area (Å²) < 4.78 is 11.4. The molecule has 3 heterocycles. The number of amides is 1. The quantitative estimate of drug-likeness (QED) is 0.676. The predicted molar refractivity (Wildman–Crippen MR) is 116 cm³/mol. The van der Waals surface area contributed by atoms with E-state index in [1.807, 2.05) is 37.3 Å². The number of ether oxygens (including phenoxy) is 1. The van der Waals surface area contributed by atoms with Gasteiger partial charge in [0.1, 0.15) is 11.5 Å². The van der Waals surface area contributed by atoms with Crippen LogP contribution in [0, 0.1) is 6.92 Å². The molecule has 1 aromatic carbocycles. The number of aromatic nitrogens is 1. The van der Waals surface area contributed by atoms with Gasteiger partial charge < -0.3 is 19.5 Å². The van der Waals surface area contributed by atoms with Crippen LogP contribution in [0.5, 0.6) is 0 Å². The summed E-state index contributed by atoms with van der Waals surface area (Å²) in [4.78, 5) is 18.9. The minimum Gasteiger partial charge on any atom is -0.465 e. The van der Waals surface area contributed by atoms with Crippen molar-refractivity contribution in [1.29, 1.82) is 0 Å². The van der Waals surface area contributed by atoms with Gasteiger partial charge in [-0.05, 0) is 68.5 Å². The summed E-state index contributed by atoms with van der Waals surface area (Å²) >= 11 is 0. The van der Waals surface area contributed by atoms with E-state index in [2.05, 4.69) is 15.2 Å². The number of hydrogen-bond donors (Lipinski definition) is 2. The van der Waals surface area contributed by atoms with Crippen LogP contribution in [0.1, 0.15) is 52.0 Å². The Morgan fingerprint density at radius 1 is 1.17 bits per heavy atom. The highest BCUT2D eigenvalue weighted by Gasteiger charge is 2.26. The molecule has 2 aliphatic rings. The van der Waals surface area contributed by atoms with Gasteiger partial charge in [0.15, 0.2) is 0 Å². The molecule has 0 bridgehead atoms. The van der Waals surface area contributed by atoms with E-state index >= 15 is 0 Å². The van der Waals surface area contributed by atoms with Gasteiger partial charge in [0.2, 0.25) is 0 Å². The summed E-state index contributed by atoms with van der Waals surface area (Å²) in [5.41, 5.74) is 4.58. The maximum absolute atomic E-state index is 13.0. The molecule has 1 saturated heterocycles. The van der Waals surface area contributed by atoms with Crippen LogP contribution in [-0.2, 0) is 17.6 Å². The Morgan fingerprint density at radius 2 is 2.00 bits per heavy atom. The highest BCUT2D eigenvalue weighted by Crippen LogP contribution is 2.30. The molecular formula is C24H29N3O3. The first kappa shape index (κ1) is 19.4. The number of H-pyrrole nitrogens is 1. The van der Waals surface area contributed by atoms with Crippen molar-refractivity contribution >= 4 is 16.8 Å². The number of carbonyl (C=O) groups is 1. The van der Waals surface area contributed by atoms with Crippen LogP contribution < -0.4 is 5.32 Å². The fourth-order valence-corrected chi connectivity index (χ4v) is 4.77. The number of fused-ring (bicyclic) bond motifs is 3. The van der Waals surface area contributed by atoms with Crippen molar-refractivity contribution in [2.24, 2.45) is 0 Å². The number of carbonyl (C=O) groups excluding carboxylic acids is 1. The van der Waals surface area contributed by atoms with Crippen LogP contribution in [0.4, 0.5) is 0 Å². The van der Waals surface area contributed by atoms with E-state index in [4.69, 9.17) is 9.15 Å². The number of rotatable bonds is 5. The van der Waals surface area contributed by atoms with Crippen molar-refractivity contribution < 1.29 is 13.9 Å². The molecular weight excluding hydrogens is 378 g/mol. The first-order valence-corrected chi connectivity index (χ1v) is 11.0. The molecule has 5 rings (SSSR count). The third kappa shape index (κ3) is 3.77. The van der Waals surface area contributed by atoms with Gasteiger partial charge in [-0.25, -0.2) is 0 Å². The summed E-state index contributed by atoms with van der Waals surface area (Å²) in [6, 6.07) is 10.0. The number of nitrogens with zero attached hydrogens (tertiary/aromatic N) is 1. The van der Waals surface area contributed by atoms with Gasteiger partial charge in [0, 0.05) is 41.8 Å². The van der Waals surface area contributed by atoms with E-state index in [-0.39, 0.29) is 11.9 Å². The molecule has 1 aliphatic heterocycles. The van der Waals surface area contributed by atoms with Gasteiger partial charge in [-0.1, -0.05) is 0 Å². The zero-order chi connectivity index (χ0) is 20.5. The smallest absolute Gasteiger partial charge is 0.251 e. The number of nitrogens with one attached hydrogen (secondary N) is 2. The van der Waals surface area contributed by atoms with Crippen molar-refractivity contribution in [3.63, 3.8) is 0 Å². The Kier molecular flexibility index (Phi) is 5.35. The maximum Gasteiger partial charge on any atom is 0.251 e. The van der Waals surface area contributed by atoms with Crippen LogP contribution in [-0.4, -0.2) is 48.6 Å². The molecule has 158 valence electrons. The van der Waals surface area contributed by atoms with E-state index in [1.165, 1.54) is 29.5 Å². The topological polar surface area (TPSA) is 70.5 Å². The first-order chi connectivity index (χ1) is 14.7. The lowest BCUT2D eigenvalue weighted by molar-refractivity contribution is 0.0117. The van der Waals surface area contributed by atoms with Gasteiger partial charge >= 0.3 is 0 Å². The van der Waals surface area contributed by atoms with Crippen molar-refractivity contribution in [2.75, 3.05) is 32.8 Å². The fraction of sp³-hybridized carbons (Fsp3) is 0.458. The molecule has 1 fully saturated rings. The van der Waals surface area contributed by atoms with Crippen molar-refractivity contribution in [3.8, 4) is 0 Å². The average molecular weight is 408 g/mol. The second kappa shape index (κ2) is 8.28. The van der Waals surface area contributed by atoms with Crippen LogP contribution >= 0.6 is 0 Å². The summed E-state index contributed by atoms with van der Waals surface area (Å²) in [5, 5.41) is 4.35. The minimum absolute atomic E-state index is 0.00954. The lowest BCUT2D eigenvalue weighted by Gasteiger charge is -2.33. The molecule has 1 amide bonds. The Balaban J connectivity index is 1.34. The number of morpholine rings is 1. The summed E-state index contributed by atoms with van der Waals surface area (Å²) in [7, 11) is 0. The first-order valence-electron chi connectivity index (χ1n) is 11.0. The van der Waals surface area contributed by atoms with E-state index in [9.17, 15) is 4.79 Å². The number of benzene rings is 1. The van der Waals surface area contributed by atoms with E-state index < -0.39 is 0 Å². The van der Waals surface area contributed by atoms with Crippen LogP contribution in [0.15, 0.2) is 34.7 Å². The Labute approximate surface area is 176 Å². The Bertz CT molecular complexity index is 1050. The van der Waals surface area contributed by atoms with Crippen LogP contribution in [0.3, 0.4) is 0 Å². The summed E-state index contributed by atoms with van der Waals surface area (Å²) in [5.74, 6) is 1.74. The van der Waals surface area contributed by atoms with Crippen molar-refractivity contribution in [1.82, 2.24) is 15.2 Å². The highest BCUT2D eigenvalue weighted by molar-refractivity contribution is 5.99. The normalized spacial score (nSPS) is 18.3. The van der Waals surface area contributed by atoms with Gasteiger partial charge in [-0.3, -0.25) is 9.69 Å². The van der Waals surface area contributed by atoms with Crippen LogP contribution in [0.25, 0.3) is 10.9 Å². The van der Waals surface area contributed by atoms with Crippen molar-refractivity contribution in [3.05, 3.63) is 58.7 Å². The molecule has 0 spiro atoms. The summed E-state index contributed by atoms with van der Waals surface area (Å²) in [6.07, 6.45) is 4.66. The minimum atomic E-state index is -0.0378. The molecule has 6 heteroatoms. The fourth-order valence-electron chi connectivity index (χ4n) is 4.77. The number of hydrogen-bond acceptors (Lipinski definition) is 4. The number of aromatic amines is 1. The zero-order valence-corrected chi connectivity index (χ0v) is 17.5. The third-order valence-corrected chi connectivity index (χ3v) is 6.39. The molecule has 2 aromatic heterocycles. The van der Waals surface area contributed by atoms with Crippen LogP contribution in [0.2, 0.25) is 0 Å². The standard InChI is InChI=1S/C24H29N3O3/c1-16-6-9-23(30-16)22(27-10-12-29-13-11-27)15-25-24(28)17-7-8-21-19(14-17)18-4-2-3-5-20(18)26-21/h6-9,14,22,26H,2-5,10-13,15H2,1H3,(H,25,28). The molecule has 0 radical (unpaired) electrons. The second-order valence-electron chi connectivity index (χ2n) is 8.37. The Morgan fingerprint density at radius 3 is 2.80 bits per heavy atom. The molecule has 3 aromatic rings. The van der Waals surface area contributed by atoms with E-state index in [0.29, 0.717) is 25.3 Å².